The highest BCUT2D eigenvalue weighted by atomic mass is 35.5. The second kappa shape index (κ2) is 8.19. The smallest absolute Gasteiger partial charge is 0.244 e. The fourth-order valence-corrected chi connectivity index (χ4v) is 3.72. The van der Waals surface area contributed by atoms with Crippen molar-refractivity contribution in [3.05, 3.63) is 70.7 Å². The van der Waals surface area contributed by atoms with E-state index in [0.29, 0.717) is 13.0 Å². The Kier molecular flexibility index (Phi) is 5.48. The number of carbonyl (C=O) groups excluding carboxylic acids is 1. The van der Waals surface area contributed by atoms with Crippen LogP contribution in [0.1, 0.15) is 41.5 Å². The fourth-order valence-electron chi connectivity index (χ4n) is 3.59. The van der Waals surface area contributed by atoms with E-state index >= 15 is 0 Å². The Balaban J connectivity index is 1.38. The predicted octanol–water partition coefficient (Wildman–Crippen LogP) is 3.83. The van der Waals surface area contributed by atoms with Gasteiger partial charge < -0.3 is 9.32 Å². The van der Waals surface area contributed by atoms with Gasteiger partial charge in [0.05, 0.1) is 18.3 Å². The molecule has 6 nitrogen and oxygen atoms in total. The topological polar surface area (TPSA) is 64.2 Å². The molecule has 1 amide bonds. The number of piperidine rings is 1. The van der Waals surface area contributed by atoms with Crippen LogP contribution in [0, 0.1) is 6.92 Å². The summed E-state index contributed by atoms with van der Waals surface area (Å²) in [6.07, 6.45) is 8.04. The number of aryl methyl sites for hydroxylation is 1. The Morgan fingerprint density at radius 1 is 1.29 bits per heavy atom. The van der Waals surface area contributed by atoms with Crippen molar-refractivity contribution in [1.82, 2.24) is 19.7 Å². The first-order chi connectivity index (χ1) is 13.6. The van der Waals surface area contributed by atoms with Gasteiger partial charge in [0.15, 0.2) is 5.89 Å². The van der Waals surface area contributed by atoms with E-state index in [1.165, 1.54) is 0 Å². The summed E-state index contributed by atoms with van der Waals surface area (Å²) < 4.78 is 7.70. The number of hydrogen-bond donors (Lipinski definition) is 0. The summed E-state index contributed by atoms with van der Waals surface area (Å²) in [5.74, 6) is 1.76. The number of hydrogen-bond acceptors (Lipinski definition) is 4. The summed E-state index contributed by atoms with van der Waals surface area (Å²) in [5.41, 5.74) is 2.18. The molecule has 1 aliphatic rings. The van der Waals surface area contributed by atoms with Crippen LogP contribution in [-0.2, 0) is 17.8 Å². The van der Waals surface area contributed by atoms with Gasteiger partial charge in [-0.1, -0.05) is 23.7 Å². The molecule has 1 atom stereocenters. The molecule has 3 heterocycles. The number of carbonyl (C=O) groups is 1. The molecule has 0 radical (unpaired) electrons. The molecule has 28 heavy (non-hydrogen) atoms. The number of halogens is 1. The molecule has 0 bridgehead atoms. The number of likely N-dealkylation sites (tertiary alicyclic amines) is 1. The van der Waals surface area contributed by atoms with Crippen molar-refractivity contribution in [2.45, 2.75) is 38.6 Å². The van der Waals surface area contributed by atoms with Crippen molar-refractivity contribution < 1.29 is 9.21 Å². The van der Waals surface area contributed by atoms with Crippen LogP contribution in [0.2, 0.25) is 5.02 Å². The van der Waals surface area contributed by atoms with Crippen molar-refractivity contribution in [1.29, 1.82) is 0 Å². The standard InChI is InChI=1S/C21H23ClN4O2/c1-15-10-24-26(12-15)14-20(27)25-8-2-3-17(13-25)21-23-11-19(28-21)9-16-4-6-18(22)7-5-16/h4-7,10-12,17H,2-3,8-9,13-14H2,1H3. The van der Waals surface area contributed by atoms with E-state index in [1.54, 1.807) is 17.1 Å². The number of nitrogens with zero attached hydrogens (tertiary/aromatic N) is 4. The third kappa shape index (κ3) is 4.44. The van der Waals surface area contributed by atoms with Gasteiger partial charge in [0.1, 0.15) is 12.3 Å². The minimum atomic E-state index is 0.0840. The Morgan fingerprint density at radius 3 is 2.86 bits per heavy atom. The maximum atomic E-state index is 12.6. The number of amides is 1. The highest BCUT2D eigenvalue weighted by molar-refractivity contribution is 6.30. The number of benzene rings is 1. The van der Waals surface area contributed by atoms with Gasteiger partial charge in [0, 0.05) is 30.7 Å². The second-order valence-corrected chi connectivity index (χ2v) is 7.80. The minimum Gasteiger partial charge on any atom is -0.445 e. The van der Waals surface area contributed by atoms with Gasteiger partial charge in [-0.25, -0.2) is 4.98 Å². The SMILES string of the molecule is Cc1cnn(CC(=O)N2CCCC(c3ncc(Cc4ccc(Cl)cc4)o3)C2)c1. The molecule has 0 aliphatic carbocycles. The lowest BCUT2D eigenvalue weighted by molar-refractivity contribution is -0.133. The zero-order valence-electron chi connectivity index (χ0n) is 15.8. The van der Waals surface area contributed by atoms with E-state index in [0.717, 1.165) is 47.2 Å². The van der Waals surface area contributed by atoms with Gasteiger partial charge in [-0.3, -0.25) is 9.48 Å². The van der Waals surface area contributed by atoms with Crippen molar-refractivity contribution in [3.63, 3.8) is 0 Å². The van der Waals surface area contributed by atoms with E-state index < -0.39 is 0 Å². The van der Waals surface area contributed by atoms with Crippen LogP contribution in [0.5, 0.6) is 0 Å². The first-order valence-electron chi connectivity index (χ1n) is 9.53. The monoisotopic (exact) mass is 398 g/mol. The molecule has 0 spiro atoms. The lowest BCUT2D eigenvalue weighted by Gasteiger charge is -2.31. The summed E-state index contributed by atoms with van der Waals surface area (Å²) >= 11 is 5.94. The van der Waals surface area contributed by atoms with Gasteiger partial charge in [-0.05, 0) is 43.0 Å². The lowest BCUT2D eigenvalue weighted by atomic mass is 9.98. The lowest BCUT2D eigenvalue weighted by Crippen LogP contribution is -2.41. The highest BCUT2D eigenvalue weighted by Crippen LogP contribution is 2.27. The molecule has 7 heteroatoms. The summed E-state index contributed by atoms with van der Waals surface area (Å²) in [7, 11) is 0. The Labute approximate surface area is 169 Å². The third-order valence-electron chi connectivity index (χ3n) is 5.05. The summed E-state index contributed by atoms with van der Waals surface area (Å²) in [5, 5.41) is 4.93. The molecule has 1 unspecified atom stereocenters. The first kappa shape index (κ1) is 18.7. The number of aromatic nitrogens is 3. The Bertz CT molecular complexity index is 947. The first-order valence-corrected chi connectivity index (χ1v) is 9.90. The number of oxazole rings is 1. The molecular formula is C21H23ClN4O2. The van der Waals surface area contributed by atoms with Crippen LogP contribution < -0.4 is 0 Å². The molecule has 146 valence electrons. The van der Waals surface area contributed by atoms with Gasteiger partial charge in [-0.2, -0.15) is 5.10 Å². The Morgan fingerprint density at radius 2 is 2.11 bits per heavy atom. The second-order valence-electron chi connectivity index (χ2n) is 7.36. The van der Waals surface area contributed by atoms with Crippen molar-refractivity contribution >= 4 is 17.5 Å². The zero-order valence-corrected chi connectivity index (χ0v) is 16.6. The zero-order chi connectivity index (χ0) is 19.5. The van der Waals surface area contributed by atoms with E-state index in [2.05, 4.69) is 10.1 Å². The molecule has 1 fully saturated rings. The molecule has 4 rings (SSSR count). The summed E-state index contributed by atoms with van der Waals surface area (Å²) in [6, 6.07) is 7.73. The number of rotatable bonds is 5. The molecule has 3 aromatic rings. The highest BCUT2D eigenvalue weighted by Gasteiger charge is 2.28. The van der Waals surface area contributed by atoms with Gasteiger partial charge in [0.25, 0.3) is 0 Å². The average Bonchev–Trinajstić information content (AvgIpc) is 3.33. The summed E-state index contributed by atoms with van der Waals surface area (Å²) in [4.78, 5) is 19.0. The fraction of sp³-hybridized carbons (Fsp3) is 0.381. The molecule has 0 saturated carbocycles. The van der Waals surface area contributed by atoms with Crippen molar-refractivity contribution in [2.24, 2.45) is 0 Å². The largest absolute Gasteiger partial charge is 0.445 e. The molecular weight excluding hydrogens is 376 g/mol. The molecule has 1 saturated heterocycles. The van der Waals surface area contributed by atoms with Crippen molar-refractivity contribution in [2.75, 3.05) is 13.1 Å². The minimum absolute atomic E-state index is 0.0840. The van der Waals surface area contributed by atoms with Gasteiger partial charge >= 0.3 is 0 Å². The Hall–Kier alpha value is -2.60. The molecule has 0 N–H and O–H groups in total. The van der Waals surface area contributed by atoms with Crippen LogP contribution in [-0.4, -0.2) is 38.7 Å². The normalized spacial score (nSPS) is 17.1. The quantitative estimate of drug-likeness (QED) is 0.655. The average molecular weight is 399 g/mol. The van der Waals surface area contributed by atoms with Crippen LogP contribution in [0.3, 0.4) is 0 Å². The maximum absolute atomic E-state index is 12.6. The van der Waals surface area contributed by atoms with E-state index in [9.17, 15) is 4.79 Å². The van der Waals surface area contributed by atoms with Gasteiger partial charge in [0.2, 0.25) is 5.91 Å². The third-order valence-corrected chi connectivity index (χ3v) is 5.30. The van der Waals surface area contributed by atoms with Crippen LogP contribution in [0.25, 0.3) is 0 Å². The van der Waals surface area contributed by atoms with Gasteiger partial charge in [-0.15, -0.1) is 0 Å². The molecule has 2 aromatic heterocycles. The predicted molar refractivity (Wildman–Crippen MR) is 106 cm³/mol. The molecule has 1 aromatic carbocycles. The van der Waals surface area contributed by atoms with Crippen molar-refractivity contribution in [3.8, 4) is 0 Å². The van der Waals surface area contributed by atoms with Crippen LogP contribution in [0.15, 0.2) is 47.3 Å². The summed E-state index contributed by atoms with van der Waals surface area (Å²) in [6.45, 7) is 3.65. The molecule has 1 aliphatic heterocycles. The van der Waals surface area contributed by atoms with Crippen LogP contribution >= 0.6 is 11.6 Å². The maximum Gasteiger partial charge on any atom is 0.244 e. The van der Waals surface area contributed by atoms with E-state index in [4.69, 9.17) is 16.0 Å². The van der Waals surface area contributed by atoms with E-state index in [1.807, 2.05) is 42.3 Å². The van der Waals surface area contributed by atoms with E-state index in [-0.39, 0.29) is 18.4 Å². The van der Waals surface area contributed by atoms with Crippen LogP contribution in [0.4, 0.5) is 0 Å².